The predicted octanol–water partition coefficient (Wildman–Crippen LogP) is 4.17. The average Bonchev–Trinajstić information content (AvgIpc) is 3.22. The normalized spacial score (nSPS) is 21.0. The molecular weight excluding hydrogens is 324 g/mol. The number of hydrogen-bond donors (Lipinski definition) is 1. The van der Waals surface area contributed by atoms with E-state index < -0.39 is 0 Å². The third kappa shape index (κ3) is 3.80. The van der Waals surface area contributed by atoms with Crippen molar-refractivity contribution < 1.29 is 9.47 Å². The van der Waals surface area contributed by atoms with Crippen LogP contribution in [0.5, 0.6) is 11.5 Å². The Morgan fingerprint density at radius 1 is 1.00 bits per heavy atom. The van der Waals surface area contributed by atoms with Crippen molar-refractivity contribution >= 4 is 5.69 Å². The molecule has 4 nitrogen and oxygen atoms in total. The topological polar surface area (TPSA) is 33.7 Å². The molecule has 2 aromatic rings. The fourth-order valence-electron chi connectivity index (χ4n) is 4.03. The summed E-state index contributed by atoms with van der Waals surface area (Å²) in [5.74, 6) is 1.71. The molecule has 1 saturated carbocycles. The van der Waals surface area contributed by atoms with Crippen LogP contribution in [0, 0.1) is 0 Å². The van der Waals surface area contributed by atoms with E-state index in [0.29, 0.717) is 12.1 Å². The summed E-state index contributed by atoms with van der Waals surface area (Å²) < 4.78 is 11.8. The van der Waals surface area contributed by atoms with E-state index in [1.54, 1.807) is 7.11 Å². The summed E-state index contributed by atoms with van der Waals surface area (Å²) in [6.45, 7) is 2.93. The smallest absolute Gasteiger partial charge is 0.163 e. The molecule has 0 aromatic heterocycles. The fraction of sp³-hybridized carbons (Fsp3) is 0.455. The number of nitrogens with zero attached hydrogens (tertiary/aromatic N) is 1. The largest absolute Gasteiger partial charge is 0.493 e. The first-order valence-corrected chi connectivity index (χ1v) is 9.71. The molecule has 2 fully saturated rings. The van der Waals surface area contributed by atoms with Crippen molar-refractivity contribution in [3.63, 3.8) is 0 Å². The van der Waals surface area contributed by atoms with Crippen LogP contribution in [0.3, 0.4) is 0 Å². The Labute approximate surface area is 156 Å². The fourth-order valence-corrected chi connectivity index (χ4v) is 4.03. The van der Waals surface area contributed by atoms with Gasteiger partial charge >= 0.3 is 0 Å². The van der Waals surface area contributed by atoms with Crippen LogP contribution in [0.4, 0.5) is 5.69 Å². The van der Waals surface area contributed by atoms with E-state index in [2.05, 4.69) is 52.7 Å². The summed E-state index contributed by atoms with van der Waals surface area (Å²) in [5.41, 5.74) is 2.55. The molecule has 0 unspecified atom stereocenters. The summed E-state index contributed by atoms with van der Waals surface area (Å²) in [6.07, 6.45) is 5.17. The second-order valence-electron chi connectivity index (χ2n) is 7.22. The van der Waals surface area contributed by atoms with E-state index in [4.69, 9.17) is 9.47 Å². The van der Waals surface area contributed by atoms with E-state index in [1.165, 1.54) is 24.1 Å². The molecule has 138 valence electrons. The summed E-state index contributed by atoms with van der Waals surface area (Å²) in [6, 6.07) is 17.4. The lowest BCUT2D eigenvalue weighted by Crippen LogP contribution is -2.45. The third-order valence-corrected chi connectivity index (χ3v) is 5.49. The van der Waals surface area contributed by atoms with Gasteiger partial charge in [-0.2, -0.15) is 0 Å². The summed E-state index contributed by atoms with van der Waals surface area (Å²) in [5, 5.41) is 3.63. The SMILES string of the molecule is COc1ccc(N2CCN[C@H](c3ccccc3)C2)cc1OC1CCCC1. The van der Waals surface area contributed by atoms with Crippen LogP contribution in [-0.4, -0.2) is 32.8 Å². The van der Waals surface area contributed by atoms with E-state index in [-0.39, 0.29) is 0 Å². The van der Waals surface area contributed by atoms with Crippen LogP contribution in [0.2, 0.25) is 0 Å². The molecule has 2 aliphatic rings. The first-order valence-electron chi connectivity index (χ1n) is 9.71. The van der Waals surface area contributed by atoms with Gasteiger partial charge in [-0.05, 0) is 43.4 Å². The van der Waals surface area contributed by atoms with E-state index in [0.717, 1.165) is 44.0 Å². The highest BCUT2D eigenvalue weighted by atomic mass is 16.5. The number of anilines is 1. The minimum atomic E-state index is 0.333. The molecule has 0 bridgehead atoms. The maximum absolute atomic E-state index is 6.27. The van der Waals surface area contributed by atoms with Gasteiger partial charge in [0.15, 0.2) is 11.5 Å². The van der Waals surface area contributed by atoms with Crippen LogP contribution in [-0.2, 0) is 0 Å². The first-order chi connectivity index (χ1) is 12.8. The lowest BCUT2D eigenvalue weighted by Gasteiger charge is -2.36. The molecule has 26 heavy (non-hydrogen) atoms. The molecular formula is C22H28N2O2. The molecule has 0 radical (unpaired) electrons. The number of methoxy groups -OCH3 is 1. The predicted molar refractivity (Wildman–Crippen MR) is 105 cm³/mol. The lowest BCUT2D eigenvalue weighted by molar-refractivity contribution is 0.201. The number of ether oxygens (including phenoxy) is 2. The molecule has 1 aliphatic heterocycles. The highest BCUT2D eigenvalue weighted by Crippen LogP contribution is 2.35. The van der Waals surface area contributed by atoms with Gasteiger partial charge in [0.2, 0.25) is 0 Å². The van der Waals surface area contributed by atoms with Gasteiger partial charge in [-0.3, -0.25) is 0 Å². The summed E-state index contributed by atoms with van der Waals surface area (Å²) in [4.78, 5) is 2.44. The molecule has 2 aromatic carbocycles. The lowest BCUT2D eigenvalue weighted by atomic mass is 10.0. The van der Waals surface area contributed by atoms with Gasteiger partial charge in [0.05, 0.1) is 13.2 Å². The molecule has 1 saturated heterocycles. The quantitative estimate of drug-likeness (QED) is 0.876. The molecule has 4 rings (SSSR count). The Morgan fingerprint density at radius 2 is 1.81 bits per heavy atom. The third-order valence-electron chi connectivity index (χ3n) is 5.49. The maximum Gasteiger partial charge on any atom is 0.163 e. The minimum Gasteiger partial charge on any atom is -0.493 e. The number of piperazine rings is 1. The number of benzene rings is 2. The first kappa shape index (κ1) is 17.2. The Balaban J connectivity index is 1.52. The van der Waals surface area contributed by atoms with Gasteiger partial charge in [-0.25, -0.2) is 0 Å². The number of rotatable bonds is 5. The zero-order valence-corrected chi connectivity index (χ0v) is 15.5. The maximum atomic E-state index is 6.27. The van der Waals surface area contributed by atoms with Crippen molar-refractivity contribution in [2.45, 2.75) is 37.8 Å². The van der Waals surface area contributed by atoms with Crippen LogP contribution >= 0.6 is 0 Å². The van der Waals surface area contributed by atoms with Crippen LogP contribution in [0.1, 0.15) is 37.3 Å². The van der Waals surface area contributed by atoms with Crippen LogP contribution < -0.4 is 19.7 Å². The monoisotopic (exact) mass is 352 g/mol. The molecule has 4 heteroatoms. The molecule has 0 amide bonds. The van der Waals surface area contributed by atoms with Gasteiger partial charge in [-0.15, -0.1) is 0 Å². The number of nitrogens with one attached hydrogen (secondary N) is 1. The van der Waals surface area contributed by atoms with E-state index in [9.17, 15) is 0 Å². The zero-order valence-electron chi connectivity index (χ0n) is 15.5. The Bertz CT molecular complexity index is 713. The van der Waals surface area contributed by atoms with Crippen molar-refractivity contribution in [1.29, 1.82) is 0 Å². The summed E-state index contributed by atoms with van der Waals surface area (Å²) >= 11 is 0. The van der Waals surface area contributed by atoms with Crippen molar-refractivity contribution in [2.24, 2.45) is 0 Å². The van der Waals surface area contributed by atoms with E-state index >= 15 is 0 Å². The second kappa shape index (κ2) is 8.00. The van der Waals surface area contributed by atoms with Crippen molar-refractivity contribution in [3.05, 3.63) is 54.1 Å². The van der Waals surface area contributed by atoms with Gasteiger partial charge < -0.3 is 19.7 Å². The van der Waals surface area contributed by atoms with Crippen LogP contribution in [0.25, 0.3) is 0 Å². The van der Waals surface area contributed by atoms with E-state index in [1.807, 2.05) is 6.07 Å². The molecule has 1 atom stereocenters. The molecule has 0 spiro atoms. The van der Waals surface area contributed by atoms with Crippen LogP contribution in [0.15, 0.2) is 48.5 Å². The zero-order chi connectivity index (χ0) is 17.8. The van der Waals surface area contributed by atoms with Gasteiger partial charge in [-0.1, -0.05) is 30.3 Å². The second-order valence-corrected chi connectivity index (χ2v) is 7.22. The van der Waals surface area contributed by atoms with Crippen molar-refractivity contribution in [1.82, 2.24) is 5.32 Å². The Kier molecular flexibility index (Phi) is 5.30. The summed E-state index contributed by atoms with van der Waals surface area (Å²) in [7, 11) is 1.72. The molecule has 1 aliphatic carbocycles. The van der Waals surface area contributed by atoms with Gasteiger partial charge in [0.25, 0.3) is 0 Å². The highest BCUT2D eigenvalue weighted by Gasteiger charge is 2.23. The highest BCUT2D eigenvalue weighted by molar-refractivity contribution is 5.57. The van der Waals surface area contributed by atoms with Gasteiger partial charge in [0.1, 0.15) is 0 Å². The van der Waals surface area contributed by atoms with Crippen molar-refractivity contribution in [2.75, 3.05) is 31.6 Å². The molecule has 1 heterocycles. The average molecular weight is 352 g/mol. The molecule has 1 N–H and O–H groups in total. The Hall–Kier alpha value is -2.20. The number of hydrogen-bond acceptors (Lipinski definition) is 4. The Morgan fingerprint density at radius 3 is 2.58 bits per heavy atom. The minimum absolute atomic E-state index is 0.333. The van der Waals surface area contributed by atoms with Gasteiger partial charge in [0, 0.05) is 37.4 Å². The standard InChI is InChI=1S/C22H28N2O2/c1-25-21-12-11-18(15-22(21)26-19-9-5-6-10-19)24-14-13-23-20(16-24)17-7-3-2-4-8-17/h2-4,7-8,11-12,15,19-20,23H,5-6,9-10,13-14,16H2,1H3/t20-/m0/s1. The van der Waals surface area contributed by atoms with Crippen molar-refractivity contribution in [3.8, 4) is 11.5 Å².